The first kappa shape index (κ1) is 15.4. The molecule has 0 spiro atoms. The molecule has 0 saturated carbocycles. The molecule has 1 aliphatic carbocycles. The van der Waals surface area contributed by atoms with Gasteiger partial charge in [-0.05, 0) is 51.2 Å². The van der Waals surface area contributed by atoms with Crippen molar-refractivity contribution in [3.05, 3.63) is 119 Å². The Hall–Kier alpha value is -3.52. The lowest BCUT2D eigenvalue weighted by Crippen LogP contribution is -2.36. The SMILES string of the molecule is C1=CN2[C@H](c3ccccc31)[C@@H]1c3cccc4cccc(c34)[C@@H]1N2c1ccccc1. The summed E-state index contributed by atoms with van der Waals surface area (Å²) in [5, 5.41) is 7.81. The van der Waals surface area contributed by atoms with E-state index in [9.17, 15) is 0 Å². The lowest BCUT2D eigenvalue weighted by molar-refractivity contribution is 0.314. The number of hydrogen-bond donors (Lipinski definition) is 0. The molecule has 4 aromatic rings. The smallest absolute Gasteiger partial charge is 0.0854 e. The largest absolute Gasteiger partial charge is 0.284 e. The Kier molecular flexibility index (Phi) is 2.93. The molecule has 2 aliphatic heterocycles. The molecule has 0 radical (unpaired) electrons. The van der Waals surface area contributed by atoms with Crippen LogP contribution in [0, 0.1) is 0 Å². The van der Waals surface area contributed by atoms with Gasteiger partial charge in [-0.1, -0.05) is 78.9 Å². The summed E-state index contributed by atoms with van der Waals surface area (Å²) in [6, 6.07) is 34.0. The van der Waals surface area contributed by atoms with Crippen molar-refractivity contribution < 1.29 is 0 Å². The molecule has 3 atom stereocenters. The van der Waals surface area contributed by atoms with Gasteiger partial charge in [-0.3, -0.25) is 10.0 Å². The van der Waals surface area contributed by atoms with E-state index in [1.165, 1.54) is 38.7 Å². The number of benzene rings is 4. The van der Waals surface area contributed by atoms with Gasteiger partial charge in [-0.15, -0.1) is 0 Å². The summed E-state index contributed by atoms with van der Waals surface area (Å²) < 4.78 is 0. The Morgan fingerprint density at radius 1 is 0.586 bits per heavy atom. The molecule has 2 heteroatoms. The fourth-order valence-corrected chi connectivity index (χ4v) is 5.82. The molecular weight excluding hydrogens is 352 g/mol. The monoisotopic (exact) mass is 372 g/mol. The molecule has 0 N–H and O–H groups in total. The van der Waals surface area contributed by atoms with Gasteiger partial charge in [-0.2, -0.15) is 0 Å². The highest BCUT2D eigenvalue weighted by Gasteiger charge is 2.53. The van der Waals surface area contributed by atoms with Gasteiger partial charge >= 0.3 is 0 Å². The van der Waals surface area contributed by atoms with E-state index < -0.39 is 0 Å². The molecular formula is C27H20N2. The van der Waals surface area contributed by atoms with Gasteiger partial charge in [-0.25, -0.2) is 0 Å². The van der Waals surface area contributed by atoms with Crippen molar-refractivity contribution in [3.8, 4) is 0 Å². The van der Waals surface area contributed by atoms with Gasteiger partial charge in [0.15, 0.2) is 0 Å². The van der Waals surface area contributed by atoms with E-state index in [1.807, 2.05) is 0 Å². The summed E-state index contributed by atoms with van der Waals surface area (Å²) in [5.74, 6) is 0.405. The van der Waals surface area contributed by atoms with Gasteiger partial charge in [0.25, 0.3) is 0 Å². The third-order valence-electron chi connectivity index (χ3n) is 6.87. The minimum Gasteiger partial charge on any atom is -0.284 e. The molecule has 29 heavy (non-hydrogen) atoms. The highest BCUT2D eigenvalue weighted by molar-refractivity contribution is 5.93. The quantitative estimate of drug-likeness (QED) is 0.379. The average Bonchev–Trinajstić information content (AvgIpc) is 3.30. The number of hydrazine groups is 1. The van der Waals surface area contributed by atoms with Crippen molar-refractivity contribution in [1.29, 1.82) is 0 Å². The Labute approximate surface area is 170 Å². The van der Waals surface area contributed by atoms with Crippen LogP contribution in [0.4, 0.5) is 5.69 Å². The van der Waals surface area contributed by atoms with Gasteiger partial charge in [0.05, 0.1) is 17.8 Å². The van der Waals surface area contributed by atoms with Crippen molar-refractivity contribution in [2.24, 2.45) is 0 Å². The standard InChI is InChI=1S/C27H20N2/c1-2-11-20(12-3-1)29-27-23-15-7-10-19-9-6-14-22(24(19)23)25(27)26-21-13-5-4-8-18(21)16-17-28(26)29/h1-17,25-27H/t25-,26+,27-/m0/s1. The number of para-hydroxylation sites is 1. The predicted molar refractivity (Wildman–Crippen MR) is 118 cm³/mol. The van der Waals surface area contributed by atoms with E-state index in [2.05, 4.69) is 113 Å². The van der Waals surface area contributed by atoms with E-state index in [0.717, 1.165) is 0 Å². The van der Waals surface area contributed by atoms with E-state index in [1.54, 1.807) is 0 Å². The zero-order valence-corrected chi connectivity index (χ0v) is 15.9. The summed E-state index contributed by atoms with van der Waals surface area (Å²) in [6.07, 6.45) is 4.54. The predicted octanol–water partition coefficient (Wildman–Crippen LogP) is 6.44. The highest BCUT2D eigenvalue weighted by atomic mass is 15.7. The first-order valence-electron chi connectivity index (χ1n) is 10.3. The molecule has 0 aromatic heterocycles. The maximum atomic E-state index is 2.52. The molecule has 138 valence electrons. The highest BCUT2D eigenvalue weighted by Crippen LogP contribution is 2.62. The average molecular weight is 372 g/mol. The summed E-state index contributed by atoms with van der Waals surface area (Å²) in [6.45, 7) is 0. The summed E-state index contributed by atoms with van der Waals surface area (Å²) >= 11 is 0. The second kappa shape index (κ2) is 5.51. The van der Waals surface area contributed by atoms with Crippen molar-refractivity contribution in [3.63, 3.8) is 0 Å². The van der Waals surface area contributed by atoms with Crippen LogP contribution in [0.25, 0.3) is 16.8 Å². The zero-order valence-electron chi connectivity index (χ0n) is 15.9. The molecule has 1 fully saturated rings. The van der Waals surface area contributed by atoms with Crippen LogP contribution in [0.1, 0.15) is 40.3 Å². The Morgan fingerprint density at radius 3 is 2.17 bits per heavy atom. The summed E-state index contributed by atoms with van der Waals surface area (Å²) in [7, 11) is 0. The minimum atomic E-state index is 0.305. The maximum absolute atomic E-state index is 2.52. The first-order chi connectivity index (χ1) is 14.4. The Morgan fingerprint density at radius 2 is 1.31 bits per heavy atom. The van der Waals surface area contributed by atoms with Gasteiger partial charge in [0.1, 0.15) is 0 Å². The Bertz CT molecular complexity index is 1250. The fraction of sp³-hybridized carbons (Fsp3) is 0.111. The lowest BCUT2D eigenvalue weighted by atomic mass is 9.83. The zero-order chi connectivity index (χ0) is 18.9. The van der Waals surface area contributed by atoms with Crippen molar-refractivity contribution in [1.82, 2.24) is 5.01 Å². The molecule has 2 heterocycles. The summed E-state index contributed by atoms with van der Waals surface area (Å²) in [5.41, 5.74) is 6.95. The molecule has 1 saturated heterocycles. The Balaban J connectivity index is 1.54. The van der Waals surface area contributed by atoms with E-state index in [4.69, 9.17) is 0 Å². The van der Waals surface area contributed by atoms with Gasteiger partial charge in [0.2, 0.25) is 0 Å². The number of rotatable bonds is 1. The third kappa shape index (κ3) is 1.91. The van der Waals surface area contributed by atoms with Gasteiger partial charge < -0.3 is 0 Å². The van der Waals surface area contributed by atoms with Crippen LogP contribution in [0.5, 0.6) is 0 Å². The maximum Gasteiger partial charge on any atom is 0.0854 e. The second-order valence-electron chi connectivity index (χ2n) is 8.21. The normalized spacial score (nSPS) is 23.2. The molecule has 0 unspecified atom stereocenters. The fourth-order valence-electron chi connectivity index (χ4n) is 5.82. The minimum absolute atomic E-state index is 0.305. The topological polar surface area (TPSA) is 6.48 Å². The molecule has 0 amide bonds. The van der Waals surface area contributed by atoms with Crippen LogP contribution < -0.4 is 5.01 Å². The van der Waals surface area contributed by atoms with Crippen molar-refractivity contribution in [2.45, 2.75) is 18.0 Å². The summed E-state index contributed by atoms with van der Waals surface area (Å²) in [4.78, 5) is 0. The van der Waals surface area contributed by atoms with Gasteiger partial charge in [0, 0.05) is 12.1 Å². The van der Waals surface area contributed by atoms with Crippen LogP contribution >= 0.6 is 0 Å². The number of hydrogen-bond acceptors (Lipinski definition) is 2. The molecule has 7 rings (SSSR count). The first-order valence-corrected chi connectivity index (χ1v) is 10.3. The second-order valence-corrected chi connectivity index (χ2v) is 8.21. The van der Waals surface area contributed by atoms with Crippen LogP contribution in [0.2, 0.25) is 0 Å². The number of anilines is 1. The lowest BCUT2D eigenvalue weighted by Gasteiger charge is -2.38. The number of fused-ring (bicyclic) bond motifs is 7. The van der Waals surface area contributed by atoms with Crippen LogP contribution in [0.3, 0.4) is 0 Å². The van der Waals surface area contributed by atoms with Crippen LogP contribution in [0.15, 0.2) is 97.2 Å². The number of nitrogens with zero attached hydrogens (tertiary/aromatic N) is 2. The van der Waals surface area contributed by atoms with E-state index >= 15 is 0 Å². The third-order valence-corrected chi connectivity index (χ3v) is 6.87. The molecule has 4 aromatic carbocycles. The van der Waals surface area contributed by atoms with E-state index in [-0.39, 0.29) is 0 Å². The van der Waals surface area contributed by atoms with Crippen LogP contribution in [-0.2, 0) is 0 Å². The molecule has 0 bridgehead atoms. The molecule has 3 aliphatic rings. The van der Waals surface area contributed by atoms with Crippen molar-refractivity contribution in [2.75, 3.05) is 5.01 Å². The molecule has 2 nitrogen and oxygen atoms in total. The van der Waals surface area contributed by atoms with Crippen LogP contribution in [-0.4, -0.2) is 5.01 Å². The van der Waals surface area contributed by atoms with Crippen molar-refractivity contribution >= 4 is 22.5 Å². The van der Waals surface area contributed by atoms with E-state index in [0.29, 0.717) is 18.0 Å².